The fourth-order valence-corrected chi connectivity index (χ4v) is 1.95. The van der Waals surface area contributed by atoms with E-state index in [0.717, 1.165) is 30.1 Å². The van der Waals surface area contributed by atoms with Gasteiger partial charge < -0.3 is 5.32 Å². The maximum absolute atomic E-state index is 4.18. The lowest BCUT2D eigenvalue weighted by molar-refractivity contribution is 0.654. The lowest BCUT2D eigenvalue weighted by atomic mass is 10.3. The van der Waals surface area contributed by atoms with Gasteiger partial charge in [0.2, 0.25) is 0 Å². The third kappa shape index (κ3) is 2.60. The first kappa shape index (κ1) is 11.8. The van der Waals surface area contributed by atoms with Gasteiger partial charge in [-0.25, -0.2) is 0 Å². The van der Waals surface area contributed by atoms with E-state index in [1.54, 1.807) is 4.68 Å². The van der Waals surface area contributed by atoms with Crippen LogP contribution in [0.5, 0.6) is 0 Å². The highest BCUT2D eigenvalue weighted by Crippen LogP contribution is 2.02. The second-order valence-corrected chi connectivity index (χ2v) is 4.36. The van der Waals surface area contributed by atoms with Crippen LogP contribution >= 0.6 is 0 Å². The Morgan fingerprint density at radius 1 is 1.21 bits per heavy atom. The second kappa shape index (κ2) is 5.15. The lowest BCUT2D eigenvalue weighted by Crippen LogP contribution is -2.18. The molecule has 3 aromatic heterocycles. The van der Waals surface area contributed by atoms with Gasteiger partial charge in [-0.1, -0.05) is 11.3 Å². The van der Waals surface area contributed by atoms with Crippen molar-refractivity contribution in [3.63, 3.8) is 0 Å². The molecule has 0 aromatic carbocycles. The first-order valence-electron chi connectivity index (χ1n) is 6.17. The Kier molecular flexibility index (Phi) is 3.20. The van der Waals surface area contributed by atoms with Gasteiger partial charge in [0.15, 0.2) is 5.65 Å². The van der Waals surface area contributed by atoms with Crippen LogP contribution < -0.4 is 5.32 Å². The number of nitrogens with one attached hydrogen (secondary N) is 1. The Morgan fingerprint density at radius 3 is 3.00 bits per heavy atom. The monoisotopic (exact) mass is 257 g/mol. The third-order valence-electron chi connectivity index (χ3n) is 2.87. The molecule has 0 amide bonds. The molecule has 0 fully saturated rings. The van der Waals surface area contributed by atoms with E-state index in [0.29, 0.717) is 6.54 Å². The summed E-state index contributed by atoms with van der Waals surface area (Å²) >= 11 is 0. The molecule has 0 saturated heterocycles. The van der Waals surface area contributed by atoms with Gasteiger partial charge in [-0.15, -0.1) is 15.3 Å². The molecular weight excluding hydrogens is 242 g/mol. The van der Waals surface area contributed by atoms with Gasteiger partial charge in [0.05, 0.1) is 5.69 Å². The van der Waals surface area contributed by atoms with Crippen LogP contribution in [0.4, 0.5) is 0 Å². The largest absolute Gasteiger partial charge is 0.311 e. The minimum Gasteiger partial charge on any atom is -0.311 e. The highest BCUT2D eigenvalue weighted by Gasteiger charge is 2.04. The van der Waals surface area contributed by atoms with Gasteiger partial charge in [0, 0.05) is 39.0 Å². The van der Waals surface area contributed by atoms with Crippen LogP contribution in [0.3, 0.4) is 0 Å². The summed E-state index contributed by atoms with van der Waals surface area (Å²) < 4.78 is 3.70. The number of rotatable bonds is 5. The van der Waals surface area contributed by atoms with Crippen molar-refractivity contribution in [3.05, 3.63) is 42.1 Å². The smallest absolute Gasteiger partial charge is 0.160 e. The highest BCUT2D eigenvalue weighted by atomic mass is 15.4. The standard InChI is InChI=1S/C12H15N7/c1-18-9-10(14-17-18)8-13-6-5-12-16-15-11-4-2-3-7-19(11)12/h2-4,7,9,13H,5-6,8H2,1H3. The second-order valence-electron chi connectivity index (χ2n) is 4.36. The quantitative estimate of drug-likeness (QED) is 0.661. The molecule has 98 valence electrons. The highest BCUT2D eigenvalue weighted by molar-refractivity contribution is 5.36. The maximum Gasteiger partial charge on any atom is 0.160 e. The van der Waals surface area contributed by atoms with E-state index in [-0.39, 0.29) is 0 Å². The van der Waals surface area contributed by atoms with Crippen LogP contribution in [0.1, 0.15) is 11.5 Å². The van der Waals surface area contributed by atoms with Crippen molar-refractivity contribution in [2.24, 2.45) is 7.05 Å². The number of aromatic nitrogens is 6. The van der Waals surface area contributed by atoms with Crippen molar-refractivity contribution in [2.45, 2.75) is 13.0 Å². The molecular formula is C12H15N7. The number of hydrogen-bond acceptors (Lipinski definition) is 5. The van der Waals surface area contributed by atoms with Gasteiger partial charge >= 0.3 is 0 Å². The molecule has 19 heavy (non-hydrogen) atoms. The Labute approximate surface area is 110 Å². The van der Waals surface area contributed by atoms with Crippen molar-refractivity contribution < 1.29 is 0 Å². The summed E-state index contributed by atoms with van der Waals surface area (Å²) in [7, 11) is 1.86. The molecule has 1 N–H and O–H groups in total. The molecule has 0 radical (unpaired) electrons. The zero-order valence-corrected chi connectivity index (χ0v) is 10.7. The zero-order chi connectivity index (χ0) is 13.1. The molecule has 3 heterocycles. The number of fused-ring (bicyclic) bond motifs is 1. The summed E-state index contributed by atoms with van der Waals surface area (Å²) in [6, 6.07) is 5.89. The molecule has 7 nitrogen and oxygen atoms in total. The molecule has 0 aliphatic rings. The van der Waals surface area contributed by atoms with E-state index in [9.17, 15) is 0 Å². The van der Waals surface area contributed by atoms with Crippen LogP contribution in [0, 0.1) is 0 Å². The van der Waals surface area contributed by atoms with Gasteiger partial charge in [-0.05, 0) is 12.1 Å². The summed E-state index contributed by atoms with van der Waals surface area (Å²) in [5, 5.41) is 19.5. The predicted octanol–water partition coefficient (Wildman–Crippen LogP) is 0.190. The SMILES string of the molecule is Cn1cc(CNCCc2nnc3ccccn23)nn1. The summed E-state index contributed by atoms with van der Waals surface area (Å²) in [5.41, 5.74) is 1.82. The zero-order valence-electron chi connectivity index (χ0n) is 10.7. The fraction of sp³-hybridized carbons (Fsp3) is 0.333. The average molecular weight is 257 g/mol. The van der Waals surface area contributed by atoms with Gasteiger partial charge in [0.25, 0.3) is 0 Å². The van der Waals surface area contributed by atoms with Crippen molar-refractivity contribution in [1.29, 1.82) is 0 Å². The molecule has 7 heteroatoms. The Hall–Kier alpha value is -2.28. The van der Waals surface area contributed by atoms with E-state index in [2.05, 4.69) is 25.8 Å². The molecule has 0 aliphatic heterocycles. The van der Waals surface area contributed by atoms with Crippen molar-refractivity contribution in [3.8, 4) is 0 Å². The first-order valence-corrected chi connectivity index (χ1v) is 6.17. The molecule has 0 unspecified atom stereocenters. The maximum atomic E-state index is 4.18. The van der Waals surface area contributed by atoms with Crippen LogP contribution in [0.15, 0.2) is 30.6 Å². The number of nitrogens with zero attached hydrogens (tertiary/aromatic N) is 6. The average Bonchev–Trinajstić information content (AvgIpc) is 3.02. The van der Waals surface area contributed by atoms with Crippen LogP contribution in [-0.2, 0) is 20.0 Å². The van der Waals surface area contributed by atoms with E-state index in [1.807, 2.05) is 42.0 Å². The molecule has 3 rings (SSSR count). The van der Waals surface area contributed by atoms with Crippen molar-refractivity contribution in [1.82, 2.24) is 34.9 Å². The van der Waals surface area contributed by atoms with Crippen LogP contribution in [0.25, 0.3) is 5.65 Å². The predicted molar refractivity (Wildman–Crippen MR) is 69.4 cm³/mol. The van der Waals surface area contributed by atoms with Crippen LogP contribution in [0.2, 0.25) is 0 Å². The lowest BCUT2D eigenvalue weighted by Gasteiger charge is -2.01. The summed E-state index contributed by atoms with van der Waals surface area (Å²) in [4.78, 5) is 0. The van der Waals surface area contributed by atoms with E-state index < -0.39 is 0 Å². The number of pyridine rings is 1. The molecule has 0 spiro atoms. The molecule has 0 bridgehead atoms. The topological polar surface area (TPSA) is 72.9 Å². The number of hydrogen-bond donors (Lipinski definition) is 1. The normalized spacial score (nSPS) is 11.2. The fourth-order valence-electron chi connectivity index (χ4n) is 1.95. The van der Waals surface area contributed by atoms with E-state index >= 15 is 0 Å². The molecule has 0 atom stereocenters. The van der Waals surface area contributed by atoms with Crippen molar-refractivity contribution >= 4 is 5.65 Å². The van der Waals surface area contributed by atoms with E-state index in [1.165, 1.54) is 0 Å². The molecule has 0 aliphatic carbocycles. The minimum atomic E-state index is 0.713. The van der Waals surface area contributed by atoms with Gasteiger partial charge in [-0.2, -0.15) is 0 Å². The Morgan fingerprint density at radius 2 is 2.16 bits per heavy atom. The third-order valence-corrected chi connectivity index (χ3v) is 2.87. The van der Waals surface area contributed by atoms with E-state index in [4.69, 9.17) is 0 Å². The number of aryl methyl sites for hydroxylation is 1. The van der Waals surface area contributed by atoms with Gasteiger partial charge in [-0.3, -0.25) is 9.08 Å². The molecule has 0 saturated carbocycles. The molecule has 3 aromatic rings. The first-order chi connectivity index (χ1) is 9.33. The summed E-state index contributed by atoms with van der Waals surface area (Å²) in [5.74, 6) is 0.960. The van der Waals surface area contributed by atoms with Gasteiger partial charge in [0.1, 0.15) is 5.82 Å². The van der Waals surface area contributed by atoms with Crippen LogP contribution in [-0.4, -0.2) is 36.1 Å². The Balaban J connectivity index is 1.55. The minimum absolute atomic E-state index is 0.713. The Bertz CT molecular complexity index is 669. The summed E-state index contributed by atoms with van der Waals surface area (Å²) in [6.07, 6.45) is 4.71. The van der Waals surface area contributed by atoms with Crippen molar-refractivity contribution in [2.75, 3.05) is 6.54 Å². The summed E-state index contributed by atoms with van der Waals surface area (Å²) in [6.45, 7) is 1.54.